The molecule has 0 spiro atoms. The summed E-state index contributed by atoms with van der Waals surface area (Å²) in [5, 5.41) is 2.95. The molecule has 1 N–H and O–H groups in total. The molecule has 1 aromatic carbocycles. The number of hydrogen-bond donors (Lipinski definition) is 1. The van der Waals surface area contributed by atoms with E-state index in [0.717, 1.165) is 22.5 Å². The molecule has 0 aliphatic rings. The second-order valence-corrected chi connectivity index (χ2v) is 8.92. The van der Waals surface area contributed by atoms with Crippen LogP contribution in [0.4, 0.5) is 5.00 Å². The van der Waals surface area contributed by atoms with Gasteiger partial charge >= 0.3 is 11.9 Å². The van der Waals surface area contributed by atoms with Crippen LogP contribution >= 0.6 is 11.3 Å². The third-order valence-corrected chi connectivity index (χ3v) is 6.54. The number of benzene rings is 1. The minimum Gasteiger partial charge on any atom is -0.462 e. The van der Waals surface area contributed by atoms with E-state index >= 15 is 0 Å². The lowest BCUT2D eigenvalue weighted by Crippen LogP contribution is -2.15. The molecule has 0 bridgehead atoms. The van der Waals surface area contributed by atoms with E-state index in [9.17, 15) is 14.4 Å². The van der Waals surface area contributed by atoms with Gasteiger partial charge in [-0.25, -0.2) is 14.6 Å². The predicted molar refractivity (Wildman–Crippen MR) is 133 cm³/mol. The van der Waals surface area contributed by atoms with Crippen LogP contribution in [0, 0.1) is 13.8 Å². The third kappa shape index (κ3) is 5.41. The average Bonchev–Trinajstić information content (AvgIpc) is 3.40. The minimum atomic E-state index is -0.620. The molecule has 0 fully saturated rings. The number of carbonyl (C=O) groups is 3. The number of nitrogens with one attached hydrogen (secondary N) is 1. The maximum atomic E-state index is 13.0. The zero-order valence-electron chi connectivity index (χ0n) is 19.7. The van der Waals surface area contributed by atoms with Gasteiger partial charge in [0.2, 0.25) is 0 Å². The molecule has 3 heterocycles. The lowest BCUT2D eigenvalue weighted by molar-refractivity contribution is 0.0514. The zero-order valence-corrected chi connectivity index (χ0v) is 20.5. The van der Waals surface area contributed by atoms with Crippen molar-refractivity contribution in [3.8, 4) is 0 Å². The number of hydrogen-bond acceptors (Lipinski definition) is 7. The second-order valence-electron chi connectivity index (χ2n) is 7.90. The average molecular weight is 492 g/mol. The van der Waals surface area contributed by atoms with Gasteiger partial charge in [-0.3, -0.25) is 4.79 Å². The summed E-state index contributed by atoms with van der Waals surface area (Å²) in [5.41, 5.74) is 3.42. The highest BCUT2D eigenvalue weighted by Gasteiger charge is 2.28. The Bertz CT molecular complexity index is 1390. The van der Waals surface area contributed by atoms with E-state index in [0.29, 0.717) is 17.6 Å². The molecule has 180 valence electrons. The van der Waals surface area contributed by atoms with E-state index in [1.807, 2.05) is 55.6 Å². The SMILES string of the molecule is CCOC(=O)c1c(NC(=O)c2cn3ccc(C)cc3n2)sc(C(=O)OCCc2ccccc2)c1C. The molecule has 9 heteroatoms. The Labute approximate surface area is 206 Å². The van der Waals surface area contributed by atoms with Crippen molar-refractivity contribution in [2.24, 2.45) is 0 Å². The molecule has 4 rings (SSSR count). The summed E-state index contributed by atoms with van der Waals surface area (Å²) in [4.78, 5) is 43.1. The standard InChI is InChI=1S/C26H25N3O5S/c1-4-33-25(31)21-17(3)22(26(32)34-13-11-18-8-6-5-7-9-18)35-24(21)28-23(30)19-15-29-12-10-16(2)14-20(29)27-19/h5-10,12,14-15H,4,11,13H2,1-3H3,(H,28,30). The first kappa shape index (κ1) is 24.2. The van der Waals surface area contributed by atoms with E-state index < -0.39 is 17.8 Å². The Morgan fingerprint density at radius 1 is 1.06 bits per heavy atom. The number of anilines is 1. The summed E-state index contributed by atoms with van der Waals surface area (Å²) in [7, 11) is 0. The number of fused-ring (bicyclic) bond motifs is 1. The Balaban J connectivity index is 1.56. The summed E-state index contributed by atoms with van der Waals surface area (Å²) in [6.07, 6.45) is 3.99. The number of pyridine rings is 1. The van der Waals surface area contributed by atoms with E-state index in [4.69, 9.17) is 9.47 Å². The van der Waals surface area contributed by atoms with Crippen LogP contribution in [-0.4, -0.2) is 40.4 Å². The topological polar surface area (TPSA) is 99.0 Å². The number of carbonyl (C=O) groups excluding carboxylic acids is 3. The van der Waals surface area contributed by atoms with Crippen molar-refractivity contribution in [1.82, 2.24) is 9.38 Å². The quantitative estimate of drug-likeness (QED) is 0.354. The summed E-state index contributed by atoms with van der Waals surface area (Å²) in [5.74, 6) is -1.68. The van der Waals surface area contributed by atoms with Crippen LogP contribution in [0.1, 0.15) is 54.1 Å². The number of rotatable bonds is 8. The van der Waals surface area contributed by atoms with Crippen molar-refractivity contribution in [2.45, 2.75) is 27.2 Å². The van der Waals surface area contributed by atoms with Crippen LogP contribution in [0.3, 0.4) is 0 Å². The molecule has 0 saturated heterocycles. The predicted octanol–water partition coefficient (Wildman–Crippen LogP) is 4.84. The maximum Gasteiger partial charge on any atom is 0.348 e. The van der Waals surface area contributed by atoms with Gasteiger partial charge in [0.05, 0.1) is 18.8 Å². The first-order valence-electron chi connectivity index (χ1n) is 11.2. The van der Waals surface area contributed by atoms with Gasteiger partial charge in [-0.15, -0.1) is 11.3 Å². The van der Waals surface area contributed by atoms with Crippen molar-refractivity contribution < 1.29 is 23.9 Å². The molecule has 1 amide bonds. The number of esters is 2. The zero-order chi connectivity index (χ0) is 24.9. The van der Waals surface area contributed by atoms with Gasteiger partial charge in [0.25, 0.3) is 5.91 Å². The largest absolute Gasteiger partial charge is 0.462 e. The van der Waals surface area contributed by atoms with E-state index in [1.54, 1.807) is 24.4 Å². The Morgan fingerprint density at radius 3 is 2.57 bits per heavy atom. The van der Waals surface area contributed by atoms with Gasteiger partial charge in [-0.05, 0) is 49.6 Å². The fourth-order valence-electron chi connectivity index (χ4n) is 3.58. The highest BCUT2D eigenvalue weighted by molar-refractivity contribution is 7.18. The van der Waals surface area contributed by atoms with Gasteiger partial charge in [0.15, 0.2) is 0 Å². The maximum absolute atomic E-state index is 13.0. The lowest BCUT2D eigenvalue weighted by atomic mass is 10.1. The van der Waals surface area contributed by atoms with Crippen LogP contribution in [0.5, 0.6) is 0 Å². The van der Waals surface area contributed by atoms with Crippen LogP contribution in [-0.2, 0) is 15.9 Å². The highest BCUT2D eigenvalue weighted by atomic mass is 32.1. The number of aryl methyl sites for hydroxylation is 1. The summed E-state index contributed by atoms with van der Waals surface area (Å²) in [6, 6.07) is 13.4. The number of ether oxygens (including phenoxy) is 2. The fraction of sp³-hybridized carbons (Fsp3) is 0.231. The van der Waals surface area contributed by atoms with Crippen molar-refractivity contribution in [1.29, 1.82) is 0 Å². The van der Waals surface area contributed by atoms with Crippen molar-refractivity contribution >= 4 is 39.8 Å². The molecule has 0 aliphatic carbocycles. The first-order chi connectivity index (χ1) is 16.9. The van der Waals surface area contributed by atoms with Crippen molar-refractivity contribution in [2.75, 3.05) is 18.5 Å². The molecule has 3 aromatic heterocycles. The van der Waals surface area contributed by atoms with Crippen LogP contribution in [0.15, 0.2) is 54.9 Å². The number of nitrogens with zero attached hydrogens (tertiary/aromatic N) is 2. The summed E-state index contributed by atoms with van der Waals surface area (Å²) < 4.78 is 12.4. The third-order valence-electron chi connectivity index (χ3n) is 5.35. The van der Waals surface area contributed by atoms with Crippen LogP contribution < -0.4 is 5.32 Å². The molecule has 0 radical (unpaired) electrons. The highest BCUT2D eigenvalue weighted by Crippen LogP contribution is 2.34. The van der Waals surface area contributed by atoms with E-state index in [2.05, 4.69) is 10.3 Å². The molecular formula is C26H25N3O5S. The first-order valence-corrected chi connectivity index (χ1v) is 12.0. The minimum absolute atomic E-state index is 0.139. The molecule has 0 atom stereocenters. The van der Waals surface area contributed by atoms with Gasteiger partial charge in [-0.1, -0.05) is 30.3 Å². The van der Waals surface area contributed by atoms with E-state index in [1.165, 1.54) is 0 Å². The van der Waals surface area contributed by atoms with E-state index in [-0.39, 0.29) is 34.3 Å². The smallest absolute Gasteiger partial charge is 0.348 e. The summed E-state index contributed by atoms with van der Waals surface area (Å²) >= 11 is 0.985. The fourth-order valence-corrected chi connectivity index (χ4v) is 4.66. The Hall–Kier alpha value is -3.98. The summed E-state index contributed by atoms with van der Waals surface area (Å²) in [6.45, 7) is 5.62. The molecule has 8 nitrogen and oxygen atoms in total. The number of aromatic nitrogens is 2. The lowest BCUT2D eigenvalue weighted by Gasteiger charge is -2.06. The van der Waals surface area contributed by atoms with Gasteiger partial charge in [-0.2, -0.15) is 0 Å². The molecular weight excluding hydrogens is 466 g/mol. The molecule has 0 unspecified atom stereocenters. The van der Waals surface area contributed by atoms with Crippen LogP contribution in [0.2, 0.25) is 0 Å². The normalized spacial score (nSPS) is 10.8. The van der Waals surface area contributed by atoms with Gasteiger partial charge < -0.3 is 19.2 Å². The molecule has 0 saturated carbocycles. The Morgan fingerprint density at radius 2 is 1.83 bits per heavy atom. The second kappa shape index (κ2) is 10.5. The number of thiophene rings is 1. The number of amides is 1. The number of imidazole rings is 1. The van der Waals surface area contributed by atoms with Gasteiger partial charge in [0, 0.05) is 18.8 Å². The monoisotopic (exact) mass is 491 g/mol. The van der Waals surface area contributed by atoms with Gasteiger partial charge in [0.1, 0.15) is 21.2 Å². The van der Waals surface area contributed by atoms with Crippen LogP contribution in [0.25, 0.3) is 5.65 Å². The van der Waals surface area contributed by atoms with Crippen molar-refractivity contribution in [3.05, 3.63) is 87.7 Å². The molecule has 0 aliphatic heterocycles. The Kier molecular flexibility index (Phi) is 7.26. The molecule has 35 heavy (non-hydrogen) atoms. The van der Waals surface area contributed by atoms with Crippen molar-refractivity contribution in [3.63, 3.8) is 0 Å². The molecule has 4 aromatic rings.